The minimum Gasteiger partial charge on any atom is -0.389 e. The first-order valence-electron chi connectivity index (χ1n) is 9.62. The summed E-state index contributed by atoms with van der Waals surface area (Å²) in [5.41, 5.74) is 0.993. The molecule has 0 spiro atoms. The molecule has 2 aliphatic rings. The van der Waals surface area contributed by atoms with E-state index in [1.165, 1.54) is 0 Å². The molecule has 2 aliphatic heterocycles. The van der Waals surface area contributed by atoms with Gasteiger partial charge < -0.3 is 24.2 Å². The van der Waals surface area contributed by atoms with Gasteiger partial charge in [-0.1, -0.05) is 12.1 Å². The summed E-state index contributed by atoms with van der Waals surface area (Å²) < 4.78 is 10.9. The Balaban J connectivity index is 1.61. The van der Waals surface area contributed by atoms with Crippen molar-refractivity contribution in [1.29, 1.82) is 0 Å². The second-order valence-corrected chi connectivity index (χ2v) is 7.04. The topological polar surface area (TPSA) is 101 Å². The number of aryl methyl sites for hydroxylation is 1. The van der Waals surface area contributed by atoms with Crippen LogP contribution in [0.4, 0.5) is 11.8 Å². The number of aliphatic hydroxyl groups excluding tert-OH is 1. The summed E-state index contributed by atoms with van der Waals surface area (Å²) in [6, 6.07) is 2.04. The van der Waals surface area contributed by atoms with Gasteiger partial charge in [0.2, 0.25) is 11.8 Å². The molecule has 2 saturated heterocycles. The van der Waals surface area contributed by atoms with Crippen LogP contribution in [0.25, 0.3) is 0 Å². The number of β-amino-alcohol motifs (C(OH)–C–C–N with tert-alkyl or cyclic N) is 1. The molecule has 1 N–H and O–H groups in total. The predicted molar refractivity (Wildman–Crippen MR) is 98.8 cm³/mol. The first-order valence-corrected chi connectivity index (χ1v) is 9.62. The van der Waals surface area contributed by atoms with E-state index < -0.39 is 0 Å². The molecule has 0 aliphatic carbocycles. The van der Waals surface area contributed by atoms with Gasteiger partial charge >= 0.3 is 0 Å². The lowest BCUT2D eigenvalue weighted by Gasteiger charge is -2.36. The first-order chi connectivity index (χ1) is 13.2. The van der Waals surface area contributed by atoms with Gasteiger partial charge in [0.05, 0.1) is 24.9 Å². The minimum absolute atomic E-state index is 0.283. The summed E-state index contributed by atoms with van der Waals surface area (Å²) in [4.78, 5) is 18.0. The molecule has 4 heterocycles. The highest BCUT2D eigenvalue weighted by molar-refractivity contribution is 5.48. The van der Waals surface area contributed by atoms with Gasteiger partial charge in [-0.2, -0.15) is 9.97 Å². The van der Waals surface area contributed by atoms with Crippen molar-refractivity contribution in [2.45, 2.75) is 45.3 Å². The van der Waals surface area contributed by atoms with Gasteiger partial charge in [0, 0.05) is 44.6 Å². The summed E-state index contributed by atoms with van der Waals surface area (Å²) in [6.07, 6.45) is 1.41. The van der Waals surface area contributed by atoms with Crippen LogP contribution >= 0.6 is 0 Å². The normalized spacial score (nSPS) is 20.1. The van der Waals surface area contributed by atoms with Crippen LogP contribution in [0.1, 0.15) is 43.6 Å². The molecule has 9 nitrogen and oxygen atoms in total. The Morgan fingerprint density at radius 1 is 1.26 bits per heavy atom. The largest absolute Gasteiger partial charge is 0.389 e. The smallest absolute Gasteiger partial charge is 0.246 e. The average Bonchev–Trinajstić information content (AvgIpc) is 3.34. The molecule has 1 atom stereocenters. The van der Waals surface area contributed by atoms with E-state index in [9.17, 15) is 5.11 Å². The molecule has 0 amide bonds. The third-order valence-electron chi connectivity index (χ3n) is 5.07. The monoisotopic (exact) mass is 374 g/mol. The highest BCUT2D eigenvalue weighted by atomic mass is 16.5. The Morgan fingerprint density at radius 3 is 2.74 bits per heavy atom. The molecule has 2 aromatic heterocycles. The van der Waals surface area contributed by atoms with Crippen LogP contribution in [-0.2, 0) is 17.7 Å². The highest BCUT2D eigenvalue weighted by Crippen LogP contribution is 2.29. The van der Waals surface area contributed by atoms with Crippen LogP contribution in [0, 0.1) is 0 Å². The van der Waals surface area contributed by atoms with Gasteiger partial charge in [0.1, 0.15) is 5.82 Å². The van der Waals surface area contributed by atoms with Crippen LogP contribution < -0.4 is 9.80 Å². The molecule has 27 heavy (non-hydrogen) atoms. The van der Waals surface area contributed by atoms with E-state index in [4.69, 9.17) is 19.2 Å². The molecule has 4 rings (SSSR count). The van der Waals surface area contributed by atoms with Crippen LogP contribution in [-0.4, -0.2) is 64.2 Å². The molecule has 146 valence electrons. The van der Waals surface area contributed by atoms with E-state index in [1.807, 2.05) is 17.9 Å². The molecular weight excluding hydrogens is 348 g/mol. The molecule has 0 bridgehead atoms. The van der Waals surface area contributed by atoms with Crippen LogP contribution in [0.3, 0.4) is 0 Å². The summed E-state index contributed by atoms with van der Waals surface area (Å²) in [6.45, 7) is 7.92. The summed E-state index contributed by atoms with van der Waals surface area (Å²) in [5.74, 6) is 3.08. The highest BCUT2D eigenvalue weighted by Gasteiger charge is 2.29. The van der Waals surface area contributed by atoms with E-state index >= 15 is 0 Å². The third kappa shape index (κ3) is 3.89. The van der Waals surface area contributed by atoms with E-state index in [0.717, 1.165) is 37.5 Å². The lowest BCUT2D eigenvalue weighted by atomic mass is 10.0. The van der Waals surface area contributed by atoms with Crippen molar-refractivity contribution in [2.24, 2.45) is 0 Å². The molecule has 2 fully saturated rings. The quantitative estimate of drug-likeness (QED) is 0.764. The maximum atomic E-state index is 9.65. The summed E-state index contributed by atoms with van der Waals surface area (Å²) in [5, 5.41) is 13.6. The molecule has 2 aromatic rings. The van der Waals surface area contributed by atoms with Gasteiger partial charge in [-0.3, -0.25) is 0 Å². The number of anilines is 2. The van der Waals surface area contributed by atoms with Gasteiger partial charge in [0.25, 0.3) is 0 Å². The van der Waals surface area contributed by atoms with E-state index in [-0.39, 0.29) is 12.0 Å². The molecule has 0 saturated carbocycles. The second kappa shape index (κ2) is 7.77. The molecule has 0 radical (unpaired) electrons. The Kier molecular flexibility index (Phi) is 5.22. The SMILES string of the molecule is CCc1noc(CN(CC)c2cc([C@@H]3CCOC3)nc(N3CC(O)C3)n2)n1. The lowest BCUT2D eigenvalue weighted by Crippen LogP contribution is -2.51. The van der Waals surface area contributed by atoms with Gasteiger partial charge in [-0.15, -0.1) is 0 Å². The van der Waals surface area contributed by atoms with E-state index in [0.29, 0.717) is 43.9 Å². The Labute approximate surface area is 158 Å². The maximum absolute atomic E-state index is 9.65. The molecular formula is C18H26N6O3. The van der Waals surface area contributed by atoms with Crippen LogP contribution in [0.2, 0.25) is 0 Å². The van der Waals surface area contributed by atoms with Crippen LogP contribution in [0.5, 0.6) is 0 Å². The second-order valence-electron chi connectivity index (χ2n) is 7.04. The predicted octanol–water partition coefficient (Wildman–Crippen LogP) is 1.13. The standard InChI is InChI=1S/C18H26N6O3/c1-3-15-20-17(27-22-15)10-23(4-2)16-7-14(12-5-6-26-11-12)19-18(21-16)24-8-13(25)9-24/h7,12-13,25H,3-6,8-11H2,1-2H3/t12-/m1/s1. The van der Waals surface area contributed by atoms with E-state index in [1.54, 1.807) is 0 Å². The van der Waals surface area contributed by atoms with Crippen molar-refractivity contribution in [2.75, 3.05) is 42.6 Å². The van der Waals surface area contributed by atoms with Crippen molar-refractivity contribution in [3.8, 4) is 0 Å². The fraction of sp³-hybridized carbons (Fsp3) is 0.667. The number of ether oxygens (including phenoxy) is 1. The number of rotatable bonds is 7. The number of aliphatic hydroxyl groups is 1. The molecule has 9 heteroatoms. The third-order valence-corrected chi connectivity index (χ3v) is 5.07. The number of nitrogens with zero attached hydrogens (tertiary/aromatic N) is 6. The van der Waals surface area contributed by atoms with Crippen molar-refractivity contribution in [3.63, 3.8) is 0 Å². The van der Waals surface area contributed by atoms with E-state index in [2.05, 4.69) is 22.0 Å². The zero-order valence-electron chi connectivity index (χ0n) is 15.8. The lowest BCUT2D eigenvalue weighted by molar-refractivity contribution is 0.140. The number of hydrogen-bond acceptors (Lipinski definition) is 9. The maximum Gasteiger partial charge on any atom is 0.246 e. The zero-order chi connectivity index (χ0) is 18.8. The Hall–Kier alpha value is -2.26. The minimum atomic E-state index is -0.302. The number of aromatic nitrogens is 4. The first kappa shape index (κ1) is 18.1. The molecule has 0 unspecified atom stereocenters. The zero-order valence-corrected chi connectivity index (χ0v) is 15.8. The Bertz CT molecular complexity index is 770. The van der Waals surface area contributed by atoms with Crippen LogP contribution in [0.15, 0.2) is 10.6 Å². The van der Waals surface area contributed by atoms with Crippen molar-refractivity contribution in [3.05, 3.63) is 23.5 Å². The summed E-state index contributed by atoms with van der Waals surface area (Å²) in [7, 11) is 0. The average molecular weight is 374 g/mol. The van der Waals surface area contributed by atoms with Gasteiger partial charge in [0.15, 0.2) is 5.82 Å². The molecule has 0 aromatic carbocycles. The van der Waals surface area contributed by atoms with Crippen molar-refractivity contribution >= 4 is 11.8 Å². The summed E-state index contributed by atoms with van der Waals surface area (Å²) >= 11 is 0. The van der Waals surface area contributed by atoms with Crippen molar-refractivity contribution in [1.82, 2.24) is 20.1 Å². The van der Waals surface area contributed by atoms with Gasteiger partial charge in [-0.25, -0.2) is 4.98 Å². The fourth-order valence-electron chi connectivity index (χ4n) is 3.35. The Morgan fingerprint density at radius 2 is 2.11 bits per heavy atom. The van der Waals surface area contributed by atoms with Crippen molar-refractivity contribution < 1.29 is 14.4 Å². The van der Waals surface area contributed by atoms with Gasteiger partial charge in [-0.05, 0) is 13.3 Å². The fourth-order valence-corrected chi connectivity index (χ4v) is 3.35. The number of hydrogen-bond donors (Lipinski definition) is 1.